The van der Waals surface area contributed by atoms with Gasteiger partial charge in [0.1, 0.15) is 17.1 Å². The summed E-state index contributed by atoms with van der Waals surface area (Å²) in [5.74, 6) is 0.210. The Morgan fingerprint density at radius 3 is 2.36 bits per heavy atom. The number of urea groups is 1. The Morgan fingerprint density at radius 1 is 1.21 bits per heavy atom. The largest absolute Gasteiger partial charge is 0.496 e. The number of amides is 2. The van der Waals surface area contributed by atoms with E-state index in [1.165, 1.54) is 44.3 Å². The summed E-state index contributed by atoms with van der Waals surface area (Å²) in [6.45, 7) is 0. The van der Waals surface area contributed by atoms with Gasteiger partial charge in [0.2, 0.25) is 5.88 Å². The van der Waals surface area contributed by atoms with Crippen LogP contribution < -0.4 is 14.8 Å². The Hall–Kier alpha value is -3.19. The SMILES string of the molecule is COC(=O)c1cn(C)nc1Cl.COc1cc(NC(=O)N=S(=O)=O)nc(OC)c1. The number of hydrogen-bond donors (Lipinski definition) is 1. The van der Waals surface area contributed by atoms with Gasteiger partial charge in [-0.05, 0) is 0 Å². The molecule has 0 atom stereocenters. The van der Waals surface area contributed by atoms with Crippen LogP contribution in [0.25, 0.3) is 0 Å². The van der Waals surface area contributed by atoms with Crippen molar-refractivity contribution >= 4 is 39.9 Å². The molecule has 0 aliphatic carbocycles. The van der Waals surface area contributed by atoms with E-state index >= 15 is 0 Å². The lowest BCUT2D eigenvalue weighted by atomic mass is 10.4. The zero-order valence-electron chi connectivity index (χ0n) is 15.2. The zero-order valence-corrected chi connectivity index (χ0v) is 16.7. The molecule has 12 nitrogen and oxygen atoms in total. The lowest BCUT2D eigenvalue weighted by Gasteiger charge is -2.06. The Labute approximate surface area is 166 Å². The van der Waals surface area contributed by atoms with Gasteiger partial charge in [-0.15, -0.1) is 0 Å². The molecule has 2 aromatic rings. The van der Waals surface area contributed by atoms with Gasteiger partial charge in [0.15, 0.2) is 5.15 Å². The Morgan fingerprint density at radius 2 is 1.89 bits per heavy atom. The molecular weight excluding hydrogens is 418 g/mol. The van der Waals surface area contributed by atoms with Gasteiger partial charge in [0, 0.05) is 25.4 Å². The number of aromatic nitrogens is 3. The van der Waals surface area contributed by atoms with Gasteiger partial charge in [-0.3, -0.25) is 10.00 Å². The molecule has 0 aromatic carbocycles. The first-order chi connectivity index (χ1) is 13.2. The van der Waals surface area contributed by atoms with E-state index < -0.39 is 22.5 Å². The highest BCUT2D eigenvalue weighted by atomic mass is 35.5. The maximum absolute atomic E-state index is 11.0. The van der Waals surface area contributed by atoms with Crippen LogP contribution in [0.4, 0.5) is 10.6 Å². The summed E-state index contributed by atoms with van der Waals surface area (Å²) >= 11 is 5.59. The summed E-state index contributed by atoms with van der Waals surface area (Å²) in [6, 6.07) is 1.84. The summed E-state index contributed by atoms with van der Waals surface area (Å²) < 4.78 is 38.7. The van der Waals surface area contributed by atoms with E-state index in [2.05, 4.69) is 24.5 Å². The highest BCUT2D eigenvalue weighted by Crippen LogP contribution is 2.21. The van der Waals surface area contributed by atoms with E-state index in [0.29, 0.717) is 5.75 Å². The predicted molar refractivity (Wildman–Crippen MR) is 97.3 cm³/mol. The Balaban J connectivity index is 0.000000307. The molecule has 0 bridgehead atoms. The van der Waals surface area contributed by atoms with Crippen LogP contribution in [0.5, 0.6) is 11.6 Å². The van der Waals surface area contributed by atoms with Crippen molar-refractivity contribution in [3.63, 3.8) is 0 Å². The van der Waals surface area contributed by atoms with Gasteiger partial charge in [-0.2, -0.15) is 18.5 Å². The van der Waals surface area contributed by atoms with Crippen molar-refractivity contribution in [1.29, 1.82) is 0 Å². The number of nitrogens with one attached hydrogen (secondary N) is 1. The van der Waals surface area contributed by atoms with E-state index in [-0.39, 0.29) is 22.4 Å². The van der Waals surface area contributed by atoms with Crippen LogP contribution in [-0.2, 0) is 22.3 Å². The molecule has 14 heteroatoms. The lowest BCUT2D eigenvalue weighted by molar-refractivity contribution is 0.0601. The number of esters is 1. The molecule has 0 saturated carbocycles. The zero-order chi connectivity index (χ0) is 21.3. The lowest BCUT2D eigenvalue weighted by Crippen LogP contribution is -2.08. The van der Waals surface area contributed by atoms with E-state index in [1.54, 1.807) is 7.05 Å². The number of nitrogens with zero attached hydrogens (tertiary/aromatic N) is 4. The molecule has 0 fully saturated rings. The molecule has 2 rings (SSSR count). The van der Waals surface area contributed by atoms with Gasteiger partial charge >= 0.3 is 22.5 Å². The maximum atomic E-state index is 11.0. The quantitative estimate of drug-likeness (QED) is 0.707. The Bertz CT molecular complexity index is 960. The predicted octanol–water partition coefficient (Wildman–Crippen LogP) is 1.55. The van der Waals surface area contributed by atoms with Crippen LogP contribution in [-0.4, -0.2) is 56.5 Å². The molecule has 0 aliphatic rings. The first kappa shape index (κ1) is 22.9. The minimum Gasteiger partial charge on any atom is -0.496 e. The normalized spacial score (nSPS) is 9.46. The highest BCUT2D eigenvalue weighted by molar-refractivity contribution is 7.62. The molecule has 2 aromatic heterocycles. The molecule has 2 heterocycles. The number of pyridine rings is 1. The van der Waals surface area contributed by atoms with Crippen LogP contribution in [0.3, 0.4) is 0 Å². The van der Waals surface area contributed by atoms with Crippen molar-refractivity contribution in [1.82, 2.24) is 14.8 Å². The standard InChI is InChI=1S/C8H9N3O5S.C6H7ClN2O2/c1-15-5-3-6(9-7(4-5)16-2)10-8(12)11-17(13)14;1-9-3-4(5(7)8-9)6(10)11-2/h3-4H,1-2H3,(H,9,10,12);3H,1-2H3. The molecule has 0 unspecified atom stereocenters. The number of halogens is 1. The second-order valence-corrected chi connectivity index (χ2v) is 5.65. The number of hydrogen-bond acceptors (Lipinski definition) is 9. The first-order valence-electron chi connectivity index (χ1n) is 7.19. The van der Waals surface area contributed by atoms with Crippen molar-refractivity contribution in [3.8, 4) is 11.6 Å². The molecule has 0 aliphatic heterocycles. The molecular formula is C14H16ClN5O7S. The number of ether oxygens (including phenoxy) is 3. The molecule has 152 valence electrons. The number of carbonyl (C=O) groups is 2. The topological polar surface area (TPSA) is 151 Å². The second-order valence-electron chi connectivity index (χ2n) is 4.67. The van der Waals surface area contributed by atoms with E-state index in [4.69, 9.17) is 21.1 Å². The van der Waals surface area contributed by atoms with Gasteiger partial charge in [-0.1, -0.05) is 16.0 Å². The summed E-state index contributed by atoms with van der Waals surface area (Å²) in [5.41, 5.74) is 0.289. The van der Waals surface area contributed by atoms with Gasteiger partial charge in [0.05, 0.1) is 21.3 Å². The van der Waals surface area contributed by atoms with E-state index in [1.807, 2.05) is 0 Å². The number of methoxy groups -OCH3 is 3. The van der Waals surface area contributed by atoms with Crippen molar-refractivity contribution in [2.24, 2.45) is 11.4 Å². The minimum absolute atomic E-state index is 0.0698. The maximum Gasteiger partial charge on any atom is 0.361 e. The first-order valence-corrected chi connectivity index (χ1v) is 8.60. The summed E-state index contributed by atoms with van der Waals surface area (Å²) in [6.07, 6.45) is 1.51. The van der Waals surface area contributed by atoms with Crippen LogP contribution in [0.2, 0.25) is 5.15 Å². The Kier molecular flexibility index (Phi) is 8.84. The average Bonchev–Trinajstić information content (AvgIpc) is 2.98. The summed E-state index contributed by atoms with van der Waals surface area (Å²) in [4.78, 5) is 25.8. The fourth-order valence-corrected chi connectivity index (χ4v) is 2.10. The molecule has 0 radical (unpaired) electrons. The fourth-order valence-electron chi connectivity index (χ4n) is 1.68. The van der Waals surface area contributed by atoms with Gasteiger partial charge < -0.3 is 14.2 Å². The second kappa shape index (κ2) is 10.8. The van der Waals surface area contributed by atoms with Gasteiger partial charge in [0.25, 0.3) is 0 Å². The summed E-state index contributed by atoms with van der Waals surface area (Å²) in [7, 11) is 2.99. The van der Waals surface area contributed by atoms with E-state index in [9.17, 15) is 18.0 Å². The minimum atomic E-state index is -2.81. The molecule has 2 amide bonds. The average molecular weight is 434 g/mol. The van der Waals surface area contributed by atoms with Crippen molar-refractivity contribution in [3.05, 3.63) is 29.0 Å². The molecule has 0 spiro atoms. The smallest absolute Gasteiger partial charge is 0.361 e. The third-order valence-electron chi connectivity index (χ3n) is 2.80. The highest BCUT2D eigenvalue weighted by Gasteiger charge is 2.13. The summed E-state index contributed by atoms with van der Waals surface area (Å²) in [5, 5.41) is 6.08. The van der Waals surface area contributed by atoms with Crippen molar-refractivity contribution in [2.45, 2.75) is 0 Å². The molecule has 0 saturated heterocycles. The van der Waals surface area contributed by atoms with Crippen LogP contribution in [0.1, 0.15) is 10.4 Å². The molecule has 28 heavy (non-hydrogen) atoms. The fraction of sp³-hybridized carbons (Fsp3) is 0.286. The third kappa shape index (κ3) is 7.20. The number of aryl methyl sites for hydroxylation is 1. The number of anilines is 1. The molecule has 1 N–H and O–H groups in total. The number of rotatable bonds is 4. The van der Waals surface area contributed by atoms with Crippen molar-refractivity contribution < 1.29 is 32.2 Å². The van der Waals surface area contributed by atoms with E-state index in [0.717, 1.165) is 0 Å². The monoisotopic (exact) mass is 433 g/mol. The third-order valence-corrected chi connectivity index (χ3v) is 3.40. The van der Waals surface area contributed by atoms with Crippen molar-refractivity contribution in [2.75, 3.05) is 26.6 Å². The van der Waals surface area contributed by atoms with Crippen LogP contribution >= 0.6 is 11.6 Å². The number of carbonyl (C=O) groups excluding carboxylic acids is 2. The van der Waals surface area contributed by atoms with Gasteiger partial charge in [-0.25, -0.2) is 9.59 Å². The van der Waals surface area contributed by atoms with Crippen LogP contribution in [0.15, 0.2) is 22.7 Å². The van der Waals surface area contributed by atoms with Crippen LogP contribution in [0, 0.1) is 0 Å².